The molecule has 1 saturated heterocycles. The van der Waals surface area contributed by atoms with E-state index in [4.69, 9.17) is 14.6 Å². The van der Waals surface area contributed by atoms with Gasteiger partial charge >= 0.3 is 12.1 Å². The van der Waals surface area contributed by atoms with Crippen LogP contribution in [0.1, 0.15) is 20.8 Å². The molecule has 1 rings (SSSR count). The van der Waals surface area contributed by atoms with Crippen molar-refractivity contribution in [2.45, 2.75) is 26.4 Å². The Morgan fingerprint density at radius 3 is 2.59 bits per heavy atom. The van der Waals surface area contributed by atoms with Crippen molar-refractivity contribution in [1.29, 1.82) is 0 Å². The average molecular weight is 245 g/mol. The third-order valence-electron chi connectivity index (χ3n) is 2.27. The Hall–Kier alpha value is -1.30. The monoisotopic (exact) mass is 245 g/mol. The smallest absolute Gasteiger partial charge is 0.410 e. The van der Waals surface area contributed by atoms with Gasteiger partial charge in [-0.05, 0) is 20.8 Å². The summed E-state index contributed by atoms with van der Waals surface area (Å²) in [5.41, 5.74) is -0.580. The van der Waals surface area contributed by atoms with Crippen molar-refractivity contribution in [3.63, 3.8) is 0 Å². The number of ether oxygens (including phenoxy) is 2. The lowest BCUT2D eigenvalue weighted by atomic mass is 10.1. The van der Waals surface area contributed by atoms with E-state index in [1.165, 1.54) is 4.90 Å². The van der Waals surface area contributed by atoms with Crippen molar-refractivity contribution < 1.29 is 24.2 Å². The fourth-order valence-electron chi connectivity index (χ4n) is 1.45. The molecule has 1 fully saturated rings. The standard InChI is InChI=1S/C11H19NO5/c1-11(2,3)17-10(15)12-4-5-16-7-8(6-12)9(13)14/h8H,4-7H2,1-3H3,(H,13,14). The van der Waals surface area contributed by atoms with Crippen molar-refractivity contribution in [3.8, 4) is 0 Å². The highest BCUT2D eigenvalue weighted by atomic mass is 16.6. The van der Waals surface area contributed by atoms with E-state index >= 15 is 0 Å². The maximum Gasteiger partial charge on any atom is 0.410 e. The van der Waals surface area contributed by atoms with Crippen LogP contribution in [0, 0.1) is 5.92 Å². The van der Waals surface area contributed by atoms with Gasteiger partial charge in [-0.3, -0.25) is 4.79 Å². The van der Waals surface area contributed by atoms with Crippen molar-refractivity contribution >= 4 is 12.1 Å². The summed E-state index contributed by atoms with van der Waals surface area (Å²) in [6.45, 7) is 6.27. The topological polar surface area (TPSA) is 76.1 Å². The van der Waals surface area contributed by atoms with Gasteiger partial charge in [0.25, 0.3) is 0 Å². The molecule has 0 aromatic heterocycles. The van der Waals surface area contributed by atoms with E-state index in [2.05, 4.69) is 0 Å². The van der Waals surface area contributed by atoms with Gasteiger partial charge in [0.15, 0.2) is 0 Å². The third-order valence-corrected chi connectivity index (χ3v) is 2.27. The molecule has 1 amide bonds. The second kappa shape index (κ2) is 5.35. The van der Waals surface area contributed by atoms with Crippen LogP contribution < -0.4 is 0 Å². The molecule has 0 saturated carbocycles. The summed E-state index contributed by atoms with van der Waals surface area (Å²) in [7, 11) is 0. The number of carbonyl (C=O) groups is 2. The normalized spacial score (nSPS) is 21.8. The molecule has 1 N–H and O–H groups in total. The maximum absolute atomic E-state index is 11.8. The predicted octanol–water partition coefficient (Wildman–Crippen LogP) is 0.954. The average Bonchev–Trinajstić information content (AvgIpc) is 2.39. The van der Waals surface area contributed by atoms with E-state index in [1.807, 2.05) is 0 Å². The van der Waals surface area contributed by atoms with E-state index in [-0.39, 0.29) is 13.2 Å². The number of aliphatic carboxylic acids is 1. The number of hydrogen-bond acceptors (Lipinski definition) is 4. The molecule has 0 radical (unpaired) electrons. The third kappa shape index (κ3) is 4.60. The molecule has 0 aromatic carbocycles. The molecule has 0 spiro atoms. The molecular formula is C11H19NO5. The molecule has 1 atom stereocenters. The van der Waals surface area contributed by atoms with E-state index in [1.54, 1.807) is 20.8 Å². The highest BCUT2D eigenvalue weighted by Crippen LogP contribution is 2.13. The molecule has 6 heteroatoms. The second-order valence-electron chi connectivity index (χ2n) is 5.04. The van der Waals surface area contributed by atoms with Crippen LogP contribution in [-0.2, 0) is 14.3 Å². The highest BCUT2D eigenvalue weighted by molar-refractivity contribution is 5.73. The largest absolute Gasteiger partial charge is 0.481 e. The first-order valence-corrected chi connectivity index (χ1v) is 5.58. The SMILES string of the molecule is CC(C)(C)OC(=O)N1CCOCC(C(=O)O)C1. The van der Waals surface area contributed by atoms with Crippen LogP contribution in [0.4, 0.5) is 4.79 Å². The summed E-state index contributed by atoms with van der Waals surface area (Å²) in [6.07, 6.45) is -0.491. The summed E-state index contributed by atoms with van der Waals surface area (Å²) in [5.74, 6) is -1.65. The zero-order valence-electron chi connectivity index (χ0n) is 10.4. The number of amides is 1. The number of carboxylic acid groups (broad SMARTS) is 1. The lowest BCUT2D eigenvalue weighted by Crippen LogP contribution is -2.41. The number of nitrogens with zero attached hydrogens (tertiary/aromatic N) is 1. The zero-order valence-corrected chi connectivity index (χ0v) is 10.4. The molecule has 1 aliphatic rings. The minimum atomic E-state index is -0.958. The molecular weight excluding hydrogens is 226 g/mol. The van der Waals surface area contributed by atoms with Gasteiger partial charge in [-0.15, -0.1) is 0 Å². The van der Waals surface area contributed by atoms with Gasteiger partial charge in [-0.25, -0.2) is 4.79 Å². The number of carboxylic acids is 1. The lowest BCUT2D eigenvalue weighted by molar-refractivity contribution is -0.143. The summed E-state index contributed by atoms with van der Waals surface area (Å²) in [5, 5.41) is 8.94. The summed E-state index contributed by atoms with van der Waals surface area (Å²) in [6, 6.07) is 0. The lowest BCUT2D eigenvalue weighted by Gasteiger charge is -2.26. The van der Waals surface area contributed by atoms with Crippen molar-refractivity contribution in [1.82, 2.24) is 4.90 Å². The maximum atomic E-state index is 11.8. The van der Waals surface area contributed by atoms with Gasteiger partial charge in [0.2, 0.25) is 0 Å². The molecule has 0 bridgehead atoms. The van der Waals surface area contributed by atoms with Crippen LogP contribution in [0.25, 0.3) is 0 Å². The zero-order chi connectivity index (χ0) is 13.1. The Bertz CT molecular complexity index is 297. The van der Waals surface area contributed by atoms with Gasteiger partial charge in [0, 0.05) is 13.1 Å². The van der Waals surface area contributed by atoms with Crippen molar-refractivity contribution in [2.75, 3.05) is 26.3 Å². The predicted molar refractivity (Wildman–Crippen MR) is 59.8 cm³/mol. The molecule has 0 aliphatic carbocycles. The van der Waals surface area contributed by atoms with Gasteiger partial charge in [0.05, 0.1) is 19.1 Å². The Morgan fingerprint density at radius 1 is 1.41 bits per heavy atom. The Balaban J connectivity index is 2.62. The Labute approximate surface area is 100 Å². The van der Waals surface area contributed by atoms with Gasteiger partial charge < -0.3 is 19.5 Å². The molecule has 1 unspecified atom stereocenters. The van der Waals surface area contributed by atoms with E-state index < -0.39 is 23.6 Å². The van der Waals surface area contributed by atoms with Crippen LogP contribution >= 0.6 is 0 Å². The van der Waals surface area contributed by atoms with Gasteiger partial charge in [-0.1, -0.05) is 0 Å². The van der Waals surface area contributed by atoms with Gasteiger partial charge in [0.1, 0.15) is 5.60 Å². The number of hydrogen-bond donors (Lipinski definition) is 1. The first kappa shape index (κ1) is 13.8. The minimum absolute atomic E-state index is 0.129. The van der Waals surface area contributed by atoms with E-state index in [0.717, 1.165) is 0 Å². The van der Waals surface area contributed by atoms with Crippen LogP contribution in [0.15, 0.2) is 0 Å². The molecule has 1 heterocycles. The van der Waals surface area contributed by atoms with Crippen LogP contribution in [0.3, 0.4) is 0 Å². The van der Waals surface area contributed by atoms with Crippen molar-refractivity contribution in [2.24, 2.45) is 5.92 Å². The first-order valence-electron chi connectivity index (χ1n) is 5.58. The summed E-state index contributed by atoms with van der Waals surface area (Å²) in [4.78, 5) is 24.1. The van der Waals surface area contributed by atoms with Crippen LogP contribution in [0.2, 0.25) is 0 Å². The summed E-state index contributed by atoms with van der Waals surface area (Å²) < 4.78 is 10.3. The highest BCUT2D eigenvalue weighted by Gasteiger charge is 2.29. The first-order chi connectivity index (χ1) is 7.79. The van der Waals surface area contributed by atoms with Crippen LogP contribution in [0.5, 0.6) is 0 Å². The van der Waals surface area contributed by atoms with E-state index in [9.17, 15) is 9.59 Å². The van der Waals surface area contributed by atoms with Crippen molar-refractivity contribution in [3.05, 3.63) is 0 Å². The summed E-state index contributed by atoms with van der Waals surface area (Å²) >= 11 is 0. The van der Waals surface area contributed by atoms with Gasteiger partial charge in [-0.2, -0.15) is 0 Å². The molecule has 98 valence electrons. The number of carbonyl (C=O) groups excluding carboxylic acids is 1. The molecule has 1 aliphatic heterocycles. The quantitative estimate of drug-likeness (QED) is 0.744. The van der Waals surface area contributed by atoms with E-state index in [0.29, 0.717) is 13.2 Å². The fourth-order valence-corrected chi connectivity index (χ4v) is 1.45. The fraction of sp³-hybridized carbons (Fsp3) is 0.818. The minimum Gasteiger partial charge on any atom is -0.481 e. The molecule has 17 heavy (non-hydrogen) atoms. The Kier molecular flexibility index (Phi) is 4.34. The second-order valence-corrected chi connectivity index (χ2v) is 5.04. The molecule has 0 aromatic rings. The molecule has 6 nitrogen and oxygen atoms in total. The van der Waals surface area contributed by atoms with Crippen LogP contribution in [-0.4, -0.2) is 54.0 Å². The Morgan fingerprint density at radius 2 is 2.06 bits per heavy atom. The number of rotatable bonds is 1.